The molecule has 3 aromatic rings. The predicted octanol–water partition coefficient (Wildman–Crippen LogP) is 4.43. The number of rotatable bonds is 2. The summed E-state index contributed by atoms with van der Waals surface area (Å²) in [6.07, 6.45) is 0. The maximum absolute atomic E-state index is 12.7. The molecule has 0 atom stereocenters. The summed E-state index contributed by atoms with van der Waals surface area (Å²) in [7, 11) is 1.52. The van der Waals surface area contributed by atoms with Crippen molar-refractivity contribution in [1.29, 1.82) is 0 Å². The summed E-state index contributed by atoms with van der Waals surface area (Å²) < 4.78 is 10.9. The second kappa shape index (κ2) is 5.26. The predicted molar refractivity (Wildman–Crippen MR) is 84.2 cm³/mol. The molecule has 106 valence electrons. The first-order chi connectivity index (χ1) is 10.1. The molecule has 3 nitrogen and oxygen atoms in total. The highest BCUT2D eigenvalue weighted by Crippen LogP contribution is 2.33. The van der Waals surface area contributed by atoms with Crippen LogP contribution in [0.1, 0.15) is 5.76 Å². The van der Waals surface area contributed by atoms with Crippen LogP contribution in [0.2, 0.25) is 5.02 Å². The van der Waals surface area contributed by atoms with Gasteiger partial charge in [0.1, 0.15) is 16.5 Å². The van der Waals surface area contributed by atoms with Crippen molar-refractivity contribution in [1.82, 2.24) is 0 Å². The van der Waals surface area contributed by atoms with E-state index in [4.69, 9.17) is 20.8 Å². The van der Waals surface area contributed by atoms with Crippen molar-refractivity contribution in [3.05, 3.63) is 63.5 Å². The van der Waals surface area contributed by atoms with Crippen LogP contribution in [0.3, 0.4) is 0 Å². The number of methoxy groups -OCH3 is 1. The monoisotopic (exact) mass is 300 g/mol. The van der Waals surface area contributed by atoms with Crippen LogP contribution in [0.5, 0.6) is 5.75 Å². The van der Waals surface area contributed by atoms with Gasteiger partial charge in [0, 0.05) is 0 Å². The van der Waals surface area contributed by atoms with E-state index in [0.717, 1.165) is 5.56 Å². The minimum atomic E-state index is -0.0931. The van der Waals surface area contributed by atoms with Crippen LogP contribution in [-0.2, 0) is 0 Å². The molecule has 0 fully saturated rings. The summed E-state index contributed by atoms with van der Waals surface area (Å²) in [4.78, 5) is 12.7. The Morgan fingerprint density at radius 2 is 1.81 bits per heavy atom. The van der Waals surface area contributed by atoms with Crippen LogP contribution in [0.4, 0.5) is 0 Å². The van der Waals surface area contributed by atoms with Gasteiger partial charge in [0.25, 0.3) is 0 Å². The van der Waals surface area contributed by atoms with E-state index in [1.165, 1.54) is 7.11 Å². The van der Waals surface area contributed by atoms with Gasteiger partial charge in [-0.15, -0.1) is 0 Å². The lowest BCUT2D eigenvalue weighted by Gasteiger charge is -2.09. The topological polar surface area (TPSA) is 39.4 Å². The number of hydrogen-bond acceptors (Lipinski definition) is 3. The molecule has 4 heteroatoms. The number of hydrogen-bond donors (Lipinski definition) is 0. The average molecular weight is 301 g/mol. The molecular formula is C17H13ClO3. The third-order valence-electron chi connectivity index (χ3n) is 3.42. The molecule has 0 amide bonds. The van der Waals surface area contributed by atoms with E-state index < -0.39 is 0 Å². The van der Waals surface area contributed by atoms with Crippen molar-refractivity contribution in [3.8, 4) is 16.9 Å². The summed E-state index contributed by atoms with van der Waals surface area (Å²) in [5.41, 5.74) is 1.66. The number of ether oxygens (including phenoxy) is 1. The van der Waals surface area contributed by atoms with Gasteiger partial charge < -0.3 is 9.15 Å². The zero-order chi connectivity index (χ0) is 15.0. The molecule has 0 aliphatic heterocycles. The van der Waals surface area contributed by atoms with Crippen LogP contribution >= 0.6 is 11.6 Å². The molecule has 0 unspecified atom stereocenters. The standard InChI is InChI=1S/C17H13ClO3/c1-10-14(11-6-4-3-5-7-11)16(19)12-8-9-13(20-2)15(18)17(12)21-10/h3-9H,1-2H3. The van der Waals surface area contributed by atoms with Gasteiger partial charge >= 0.3 is 0 Å². The Labute approximate surface area is 126 Å². The molecule has 0 radical (unpaired) electrons. The van der Waals surface area contributed by atoms with E-state index in [2.05, 4.69) is 0 Å². The first kappa shape index (κ1) is 13.7. The molecule has 3 rings (SSSR count). The van der Waals surface area contributed by atoms with Crippen molar-refractivity contribution in [3.63, 3.8) is 0 Å². The van der Waals surface area contributed by atoms with E-state index in [1.807, 2.05) is 30.3 Å². The van der Waals surface area contributed by atoms with E-state index in [0.29, 0.717) is 33.1 Å². The molecule has 2 aromatic carbocycles. The fraction of sp³-hybridized carbons (Fsp3) is 0.118. The van der Waals surface area contributed by atoms with Crippen LogP contribution in [0.15, 0.2) is 51.7 Å². The second-order valence-corrected chi connectivity index (χ2v) is 5.06. The SMILES string of the molecule is COc1ccc2c(=O)c(-c3ccccc3)c(C)oc2c1Cl. The lowest BCUT2D eigenvalue weighted by Crippen LogP contribution is -2.07. The summed E-state index contributed by atoms with van der Waals surface area (Å²) in [6, 6.07) is 12.8. The van der Waals surface area contributed by atoms with Gasteiger partial charge in [-0.05, 0) is 24.6 Å². The zero-order valence-electron chi connectivity index (χ0n) is 11.6. The first-order valence-electron chi connectivity index (χ1n) is 6.49. The molecule has 0 aliphatic rings. The molecule has 1 heterocycles. The molecule has 0 spiro atoms. The average Bonchev–Trinajstić information content (AvgIpc) is 2.50. The third kappa shape index (κ3) is 2.20. The first-order valence-corrected chi connectivity index (χ1v) is 6.86. The van der Waals surface area contributed by atoms with E-state index in [1.54, 1.807) is 19.1 Å². The van der Waals surface area contributed by atoms with Gasteiger partial charge in [-0.25, -0.2) is 0 Å². The minimum absolute atomic E-state index is 0.0931. The van der Waals surface area contributed by atoms with E-state index in [9.17, 15) is 4.79 Å². The highest BCUT2D eigenvalue weighted by Gasteiger charge is 2.17. The lowest BCUT2D eigenvalue weighted by molar-refractivity contribution is 0.414. The second-order valence-electron chi connectivity index (χ2n) is 4.69. The summed E-state index contributed by atoms with van der Waals surface area (Å²) >= 11 is 6.23. The highest BCUT2D eigenvalue weighted by molar-refractivity contribution is 6.36. The van der Waals surface area contributed by atoms with Gasteiger partial charge in [0.2, 0.25) is 5.43 Å². The quantitative estimate of drug-likeness (QED) is 0.703. The molecule has 0 N–H and O–H groups in total. The summed E-state index contributed by atoms with van der Waals surface area (Å²) in [5, 5.41) is 0.764. The van der Waals surface area contributed by atoms with Gasteiger partial charge in [0.05, 0.1) is 18.1 Å². The molecule has 0 saturated carbocycles. The van der Waals surface area contributed by atoms with E-state index >= 15 is 0 Å². The van der Waals surface area contributed by atoms with Gasteiger partial charge in [-0.3, -0.25) is 4.79 Å². The highest BCUT2D eigenvalue weighted by atomic mass is 35.5. The maximum atomic E-state index is 12.7. The Morgan fingerprint density at radius 1 is 1.10 bits per heavy atom. The number of halogens is 1. The Kier molecular flexibility index (Phi) is 3.43. The molecular weight excluding hydrogens is 288 g/mol. The van der Waals surface area contributed by atoms with Gasteiger partial charge in [-0.1, -0.05) is 41.9 Å². The third-order valence-corrected chi connectivity index (χ3v) is 3.78. The van der Waals surface area contributed by atoms with E-state index in [-0.39, 0.29) is 5.43 Å². The van der Waals surface area contributed by atoms with Crippen LogP contribution in [0, 0.1) is 6.92 Å². The van der Waals surface area contributed by atoms with Gasteiger partial charge in [-0.2, -0.15) is 0 Å². The molecule has 0 aliphatic carbocycles. The molecule has 21 heavy (non-hydrogen) atoms. The molecule has 0 saturated heterocycles. The fourth-order valence-electron chi connectivity index (χ4n) is 2.41. The van der Waals surface area contributed by atoms with Crippen LogP contribution in [0.25, 0.3) is 22.1 Å². The molecule has 1 aromatic heterocycles. The van der Waals surface area contributed by atoms with Gasteiger partial charge in [0.15, 0.2) is 5.58 Å². The van der Waals surface area contributed by atoms with Crippen LogP contribution in [-0.4, -0.2) is 7.11 Å². The normalized spacial score (nSPS) is 10.8. The number of aryl methyl sites for hydroxylation is 1. The fourth-order valence-corrected chi connectivity index (χ4v) is 2.69. The lowest BCUT2D eigenvalue weighted by atomic mass is 10.0. The number of fused-ring (bicyclic) bond motifs is 1. The Morgan fingerprint density at radius 3 is 2.48 bits per heavy atom. The minimum Gasteiger partial charge on any atom is -0.495 e. The Balaban J connectivity index is 2.38. The van der Waals surface area contributed by atoms with Crippen molar-refractivity contribution in [2.75, 3.05) is 7.11 Å². The smallest absolute Gasteiger partial charge is 0.200 e. The largest absolute Gasteiger partial charge is 0.495 e. The summed E-state index contributed by atoms with van der Waals surface area (Å²) in [6.45, 7) is 1.76. The zero-order valence-corrected chi connectivity index (χ0v) is 12.4. The Bertz CT molecular complexity index is 867. The van der Waals surface area contributed by atoms with Crippen LogP contribution < -0.4 is 10.2 Å². The Hall–Kier alpha value is -2.26. The van der Waals surface area contributed by atoms with Crippen molar-refractivity contribution in [2.45, 2.75) is 6.92 Å². The molecule has 0 bridgehead atoms. The summed E-state index contributed by atoms with van der Waals surface area (Å²) in [5.74, 6) is 1.02. The van der Waals surface area contributed by atoms with Crippen molar-refractivity contribution in [2.24, 2.45) is 0 Å². The maximum Gasteiger partial charge on any atom is 0.200 e. The van der Waals surface area contributed by atoms with Crippen molar-refractivity contribution >= 4 is 22.6 Å². The van der Waals surface area contributed by atoms with Crippen molar-refractivity contribution < 1.29 is 9.15 Å². The number of benzene rings is 2.